The average molecular weight is 377 g/mol. The largest absolute Gasteiger partial charge is 0.484 e. The van der Waals surface area contributed by atoms with Crippen molar-refractivity contribution in [2.24, 2.45) is 0 Å². The van der Waals surface area contributed by atoms with Crippen LogP contribution in [0.5, 0.6) is 5.75 Å². The molecule has 0 aliphatic rings. The second-order valence-corrected chi connectivity index (χ2v) is 6.30. The van der Waals surface area contributed by atoms with Crippen molar-refractivity contribution in [3.05, 3.63) is 78.0 Å². The first-order valence-corrected chi connectivity index (χ1v) is 8.68. The van der Waals surface area contributed by atoms with E-state index < -0.39 is 0 Å². The highest BCUT2D eigenvalue weighted by Gasteiger charge is 2.14. The van der Waals surface area contributed by atoms with Gasteiger partial charge in [0, 0.05) is 0 Å². The molecule has 0 N–H and O–H groups in total. The third-order valence-electron chi connectivity index (χ3n) is 4.14. The third kappa shape index (κ3) is 2.78. The van der Waals surface area contributed by atoms with Gasteiger partial charge in [0.25, 0.3) is 0 Å². The van der Waals surface area contributed by atoms with Crippen molar-refractivity contribution in [3.63, 3.8) is 0 Å². The normalized spacial score (nSPS) is 11.3. The van der Waals surface area contributed by atoms with Crippen LogP contribution in [0.3, 0.4) is 0 Å². The van der Waals surface area contributed by atoms with Crippen LogP contribution in [-0.2, 0) is 6.61 Å². The quantitative estimate of drug-likeness (QED) is 0.478. The van der Waals surface area contributed by atoms with Crippen LogP contribution in [0.4, 0.5) is 0 Å². The molecule has 2 aromatic carbocycles. The summed E-state index contributed by atoms with van der Waals surface area (Å²) < 4.78 is 9.14. The SMILES string of the molecule is Clc1ccccc1OCc1nc2c3cnn(-c4ccccc4)c3ncn2n1. The molecule has 3 aromatic heterocycles. The first-order chi connectivity index (χ1) is 13.3. The van der Waals surface area contributed by atoms with Gasteiger partial charge < -0.3 is 4.74 Å². The van der Waals surface area contributed by atoms with Crippen LogP contribution >= 0.6 is 11.6 Å². The Hall–Kier alpha value is -3.45. The van der Waals surface area contributed by atoms with E-state index >= 15 is 0 Å². The molecule has 3 heterocycles. The van der Waals surface area contributed by atoms with Crippen LogP contribution < -0.4 is 4.74 Å². The Kier molecular flexibility index (Phi) is 3.72. The van der Waals surface area contributed by atoms with Crippen molar-refractivity contribution in [1.29, 1.82) is 0 Å². The summed E-state index contributed by atoms with van der Waals surface area (Å²) in [7, 11) is 0. The second kappa shape index (κ2) is 6.37. The highest BCUT2D eigenvalue weighted by Crippen LogP contribution is 2.24. The molecule has 0 unspecified atom stereocenters. The number of hydrogen-bond donors (Lipinski definition) is 0. The molecule has 27 heavy (non-hydrogen) atoms. The molecule has 5 rings (SSSR count). The summed E-state index contributed by atoms with van der Waals surface area (Å²) in [6.07, 6.45) is 3.38. The molecule has 0 aliphatic heterocycles. The fourth-order valence-electron chi connectivity index (χ4n) is 2.89. The Bertz CT molecular complexity index is 1250. The molecular weight excluding hydrogens is 364 g/mol. The predicted octanol–water partition coefficient (Wildman–Crippen LogP) is 3.70. The molecule has 8 heteroatoms. The molecule has 0 radical (unpaired) electrons. The summed E-state index contributed by atoms with van der Waals surface area (Å²) in [5.41, 5.74) is 2.34. The zero-order valence-corrected chi connectivity index (χ0v) is 14.8. The topological polar surface area (TPSA) is 70.1 Å². The maximum absolute atomic E-state index is 6.12. The lowest BCUT2D eigenvalue weighted by Crippen LogP contribution is -1.99. The van der Waals surface area contributed by atoms with Crippen LogP contribution in [0.25, 0.3) is 22.4 Å². The molecule has 0 fully saturated rings. The molecule has 0 spiro atoms. The molecule has 0 amide bonds. The third-order valence-corrected chi connectivity index (χ3v) is 4.46. The number of aromatic nitrogens is 6. The van der Waals surface area contributed by atoms with Gasteiger partial charge in [0.15, 0.2) is 17.1 Å². The van der Waals surface area contributed by atoms with E-state index in [4.69, 9.17) is 16.3 Å². The van der Waals surface area contributed by atoms with E-state index in [9.17, 15) is 0 Å². The number of nitrogens with zero attached hydrogens (tertiary/aromatic N) is 6. The molecular formula is C19H13ClN6O. The Morgan fingerprint density at radius 3 is 2.63 bits per heavy atom. The molecule has 0 saturated heterocycles. The van der Waals surface area contributed by atoms with Gasteiger partial charge in [-0.2, -0.15) is 5.10 Å². The maximum Gasteiger partial charge on any atom is 0.189 e. The smallest absolute Gasteiger partial charge is 0.189 e. The number of ether oxygens (including phenoxy) is 1. The molecule has 5 aromatic rings. The summed E-state index contributed by atoms with van der Waals surface area (Å²) in [6.45, 7) is 0.208. The summed E-state index contributed by atoms with van der Waals surface area (Å²) in [5, 5.41) is 10.2. The second-order valence-electron chi connectivity index (χ2n) is 5.89. The van der Waals surface area contributed by atoms with Gasteiger partial charge >= 0.3 is 0 Å². The number of rotatable bonds is 4. The number of para-hydroxylation sites is 2. The minimum atomic E-state index is 0.208. The lowest BCUT2D eigenvalue weighted by atomic mass is 10.3. The van der Waals surface area contributed by atoms with Crippen LogP contribution in [0.15, 0.2) is 67.1 Å². The van der Waals surface area contributed by atoms with Crippen molar-refractivity contribution in [3.8, 4) is 11.4 Å². The fraction of sp³-hybridized carbons (Fsp3) is 0.0526. The van der Waals surface area contributed by atoms with Crippen molar-refractivity contribution in [2.75, 3.05) is 0 Å². The first kappa shape index (κ1) is 15.8. The minimum absolute atomic E-state index is 0.208. The summed E-state index contributed by atoms with van der Waals surface area (Å²) in [6, 6.07) is 17.1. The van der Waals surface area contributed by atoms with Gasteiger partial charge in [-0.1, -0.05) is 41.9 Å². The molecule has 7 nitrogen and oxygen atoms in total. The number of fused-ring (bicyclic) bond motifs is 3. The fourth-order valence-corrected chi connectivity index (χ4v) is 3.08. The van der Waals surface area contributed by atoms with Crippen molar-refractivity contribution in [1.82, 2.24) is 29.4 Å². The van der Waals surface area contributed by atoms with Gasteiger partial charge in [0.05, 0.1) is 22.3 Å². The standard InChI is InChI=1S/C19H13ClN6O/c20-15-8-4-5-9-16(15)27-11-17-23-19-14-10-22-26(13-6-2-1-3-7-13)18(14)21-12-25(19)24-17/h1-10,12H,11H2. The Morgan fingerprint density at radius 1 is 0.963 bits per heavy atom. The molecule has 0 atom stereocenters. The zero-order chi connectivity index (χ0) is 18.2. The highest BCUT2D eigenvalue weighted by atomic mass is 35.5. The maximum atomic E-state index is 6.12. The Balaban J connectivity index is 1.51. The predicted molar refractivity (Wildman–Crippen MR) is 101 cm³/mol. The van der Waals surface area contributed by atoms with Gasteiger partial charge in [0.2, 0.25) is 0 Å². The van der Waals surface area contributed by atoms with E-state index in [0.29, 0.717) is 22.2 Å². The van der Waals surface area contributed by atoms with E-state index in [-0.39, 0.29) is 6.61 Å². The Morgan fingerprint density at radius 2 is 1.78 bits per heavy atom. The average Bonchev–Trinajstić information content (AvgIpc) is 3.31. The van der Waals surface area contributed by atoms with E-state index in [1.165, 1.54) is 0 Å². The van der Waals surface area contributed by atoms with Gasteiger partial charge in [-0.15, -0.1) is 5.10 Å². The summed E-state index contributed by atoms with van der Waals surface area (Å²) in [5.74, 6) is 1.13. The van der Waals surface area contributed by atoms with E-state index in [0.717, 1.165) is 16.7 Å². The van der Waals surface area contributed by atoms with E-state index in [1.807, 2.05) is 48.5 Å². The molecule has 0 aliphatic carbocycles. The summed E-state index contributed by atoms with van der Waals surface area (Å²) >= 11 is 6.12. The monoisotopic (exact) mass is 376 g/mol. The van der Waals surface area contributed by atoms with Gasteiger partial charge in [-0.25, -0.2) is 19.2 Å². The van der Waals surface area contributed by atoms with Crippen molar-refractivity contribution >= 4 is 28.3 Å². The van der Waals surface area contributed by atoms with Crippen LogP contribution in [0.1, 0.15) is 5.82 Å². The molecule has 132 valence electrons. The molecule has 0 saturated carbocycles. The highest BCUT2D eigenvalue weighted by molar-refractivity contribution is 6.32. The summed E-state index contributed by atoms with van der Waals surface area (Å²) in [4.78, 5) is 9.07. The van der Waals surface area contributed by atoms with Crippen molar-refractivity contribution in [2.45, 2.75) is 6.61 Å². The van der Waals surface area contributed by atoms with Gasteiger partial charge in [-0.3, -0.25) is 0 Å². The number of hydrogen-bond acceptors (Lipinski definition) is 5. The van der Waals surface area contributed by atoms with Crippen LogP contribution in [-0.4, -0.2) is 29.4 Å². The number of halogens is 1. The van der Waals surface area contributed by atoms with Gasteiger partial charge in [-0.05, 0) is 24.3 Å². The van der Waals surface area contributed by atoms with Crippen LogP contribution in [0.2, 0.25) is 5.02 Å². The van der Waals surface area contributed by atoms with E-state index in [1.54, 1.807) is 27.8 Å². The van der Waals surface area contributed by atoms with Crippen molar-refractivity contribution < 1.29 is 4.74 Å². The Labute approximate surface area is 158 Å². The molecule has 0 bridgehead atoms. The van der Waals surface area contributed by atoms with Gasteiger partial charge in [0.1, 0.15) is 18.7 Å². The number of benzene rings is 2. The first-order valence-electron chi connectivity index (χ1n) is 8.30. The lowest BCUT2D eigenvalue weighted by Gasteiger charge is -2.04. The zero-order valence-electron chi connectivity index (χ0n) is 14.0. The minimum Gasteiger partial charge on any atom is -0.484 e. The lowest BCUT2D eigenvalue weighted by molar-refractivity contribution is 0.296. The van der Waals surface area contributed by atoms with Crippen LogP contribution in [0, 0.1) is 0 Å². The van der Waals surface area contributed by atoms with E-state index in [2.05, 4.69) is 20.2 Å².